The zero-order valence-corrected chi connectivity index (χ0v) is 17.1. The predicted octanol–water partition coefficient (Wildman–Crippen LogP) is 5.63. The number of para-hydroxylation sites is 1. The summed E-state index contributed by atoms with van der Waals surface area (Å²) >= 11 is 3.70. The molecule has 2 aromatic carbocycles. The summed E-state index contributed by atoms with van der Waals surface area (Å²) in [5.41, 5.74) is 2.69. The first-order chi connectivity index (χ1) is 11.1. The van der Waals surface area contributed by atoms with Gasteiger partial charge in [-0.2, -0.15) is 0 Å². The van der Waals surface area contributed by atoms with Gasteiger partial charge in [0.2, 0.25) is 0 Å². The van der Waals surface area contributed by atoms with Gasteiger partial charge in [-0.3, -0.25) is 0 Å². The Labute approximate surface area is 160 Å². The van der Waals surface area contributed by atoms with Crippen LogP contribution in [-0.4, -0.2) is 38.3 Å². The van der Waals surface area contributed by atoms with Crippen molar-refractivity contribution in [2.75, 3.05) is 38.3 Å². The fraction of sp³-hybridized carbons (Fsp3) is 0.368. The highest BCUT2D eigenvalue weighted by molar-refractivity contribution is 8.00. The van der Waals surface area contributed by atoms with E-state index in [0.717, 1.165) is 13.1 Å². The van der Waals surface area contributed by atoms with Crippen molar-refractivity contribution < 1.29 is 0 Å². The average molecular weight is 381 g/mol. The third-order valence-electron chi connectivity index (χ3n) is 4.00. The lowest BCUT2D eigenvalue weighted by Crippen LogP contribution is -2.31. The van der Waals surface area contributed by atoms with E-state index in [0.29, 0.717) is 5.92 Å². The highest BCUT2D eigenvalue weighted by Gasteiger charge is 2.24. The maximum atomic E-state index is 2.51. The highest BCUT2D eigenvalue weighted by atomic mass is 35.5. The Morgan fingerprint density at radius 3 is 2.50 bits per heavy atom. The van der Waals surface area contributed by atoms with Gasteiger partial charge in [-0.1, -0.05) is 30.8 Å². The van der Waals surface area contributed by atoms with Crippen LogP contribution in [0.1, 0.15) is 6.92 Å². The van der Waals surface area contributed by atoms with E-state index in [9.17, 15) is 0 Å². The zero-order chi connectivity index (χ0) is 16.4. The Balaban J connectivity index is 0.00000208. The van der Waals surface area contributed by atoms with Crippen molar-refractivity contribution >= 4 is 47.3 Å². The van der Waals surface area contributed by atoms with Gasteiger partial charge >= 0.3 is 0 Å². The van der Waals surface area contributed by atoms with Gasteiger partial charge in [-0.15, -0.1) is 24.2 Å². The number of benzene rings is 2. The Bertz CT molecular complexity index is 691. The standard InChI is InChI=1S/C19H24N2S2.ClH/c1-14(12-20(2)3)13-21-16-7-5-6-8-18(16)23-19-10-9-15(22-4)11-17(19)21;/h5-11,14H,12-13H2,1-4H3;1H. The molecule has 5 heteroatoms. The second-order valence-corrected chi connectivity index (χ2v) is 8.34. The Morgan fingerprint density at radius 2 is 1.79 bits per heavy atom. The van der Waals surface area contributed by atoms with Crippen molar-refractivity contribution in [3.05, 3.63) is 42.5 Å². The summed E-state index contributed by atoms with van der Waals surface area (Å²) in [5, 5.41) is 0. The third-order valence-corrected chi connectivity index (χ3v) is 5.86. The van der Waals surface area contributed by atoms with Gasteiger partial charge in [0.05, 0.1) is 11.4 Å². The van der Waals surface area contributed by atoms with Gasteiger partial charge < -0.3 is 9.80 Å². The highest BCUT2D eigenvalue weighted by Crippen LogP contribution is 2.49. The molecule has 3 rings (SSSR count). The van der Waals surface area contributed by atoms with Crippen LogP contribution in [0, 0.1) is 5.92 Å². The molecule has 1 aliphatic rings. The van der Waals surface area contributed by atoms with E-state index in [1.807, 2.05) is 23.5 Å². The number of fused-ring (bicyclic) bond motifs is 2. The van der Waals surface area contributed by atoms with E-state index in [1.54, 1.807) is 0 Å². The van der Waals surface area contributed by atoms with Crippen molar-refractivity contribution in [3.63, 3.8) is 0 Å². The molecule has 0 saturated heterocycles. The second kappa shape index (κ2) is 8.52. The van der Waals surface area contributed by atoms with Crippen LogP contribution in [0.5, 0.6) is 0 Å². The van der Waals surface area contributed by atoms with Crippen molar-refractivity contribution in [2.24, 2.45) is 5.92 Å². The molecular formula is C19H25ClN2S2. The summed E-state index contributed by atoms with van der Waals surface area (Å²) < 4.78 is 0. The van der Waals surface area contributed by atoms with Crippen LogP contribution in [0.25, 0.3) is 0 Å². The molecule has 24 heavy (non-hydrogen) atoms. The average Bonchev–Trinajstić information content (AvgIpc) is 2.53. The van der Waals surface area contributed by atoms with Gasteiger partial charge in [0, 0.05) is 27.8 Å². The molecule has 1 heterocycles. The van der Waals surface area contributed by atoms with Crippen molar-refractivity contribution in [2.45, 2.75) is 21.6 Å². The Kier molecular flexibility index (Phi) is 6.93. The molecule has 0 aromatic heterocycles. The second-order valence-electron chi connectivity index (χ2n) is 6.38. The summed E-state index contributed by atoms with van der Waals surface area (Å²) in [5.74, 6) is 0.604. The van der Waals surface area contributed by atoms with Crippen LogP contribution >= 0.6 is 35.9 Å². The first-order valence-corrected chi connectivity index (χ1v) is 10.00. The molecule has 0 N–H and O–H groups in total. The van der Waals surface area contributed by atoms with E-state index < -0.39 is 0 Å². The monoisotopic (exact) mass is 380 g/mol. The molecule has 0 fully saturated rings. The molecule has 0 saturated carbocycles. The predicted molar refractivity (Wildman–Crippen MR) is 111 cm³/mol. The molecule has 0 radical (unpaired) electrons. The number of hydrogen-bond acceptors (Lipinski definition) is 4. The van der Waals surface area contributed by atoms with E-state index in [-0.39, 0.29) is 12.4 Å². The Morgan fingerprint density at radius 1 is 1.08 bits per heavy atom. The molecule has 0 aliphatic carbocycles. The zero-order valence-electron chi connectivity index (χ0n) is 14.7. The molecule has 1 aliphatic heterocycles. The number of thioether (sulfide) groups is 1. The molecule has 2 aromatic rings. The minimum absolute atomic E-state index is 0. The fourth-order valence-corrected chi connectivity index (χ4v) is 4.64. The van der Waals surface area contributed by atoms with Gasteiger partial charge in [-0.25, -0.2) is 0 Å². The van der Waals surface area contributed by atoms with Crippen LogP contribution in [0.4, 0.5) is 11.4 Å². The number of nitrogens with zero attached hydrogens (tertiary/aromatic N) is 2. The smallest absolute Gasteiger partial charge is 0.0564 e. The summed E-state index contributed by atoms with van der Waals surface area (Å²) in [6.45, 7) is 4.48. The minimum Gasteiger partial charge on any atom is -0.339 e. The molecule has 0 bridgehead atoms. The SMILES string of the molecule is CSc1ccc2c(c1)N(CC(C)CN(C)C)c1ccccc1S2.Cl. The first-order valence-electron chi connectivity index (χ1n) is 7.95. The lowest BCUT2D eigenvalue weighted by Gasteiger charge is -2.35. The summed E-state index contributed by atoms with van der Waals surface area (Å²) in [6.07, 6.45) is 2.14. The maximum absolute atomic E-state index is 2.51. The summed E-state index contributed by atoms with van der Waals surface area (Å²) in [7, 11) is 4.30. The van der Waals surface area contributed by atoms with Crippen molar-refractivity contribution in [1.82, 2.24) is 4.90 Å². The van der Waals surface area contributed by atoms with Crippen LogP contribution in [-0.2, 0) is 0 Å². The lowest BCUT2D eigenvalue weighted by molar-refractivity contribution is 0.343. The van der Waals surface area contributed by atoms with Gasteiger partial charge in [0.15, 0.2) is 0 Å². The molecule has 0 spiro atoms. The number of rotatable bonds is 5. The fourth-order valence-electron chi connectivity index (χ4n) is 3.13. The molecule has 2 nitrogen and oxygen atoms in total. The molecule has 1 atom stereocenters. The summed E-state index contributed by atoms with van der Waals surface area (Å²) in [4.78, 5) is 8.82. The minimum atomic E-state index is 0. The molecule has 1 unspecified atom stereocenters. The topological polar surface area (TPSA) is 6.48 Å². The normalized spacial score (nSPS) is 14.0. The van der Waals surface area contributed by atoms with Gasteiger partial charge in [-0.05, 0) is 56.6 Å². The van der Waals surface area contributed by atoms with Crippen LogP contribution in [0.2, 0.25) is 0 Å². The van der Waals surface area contributed by atoms with Crippen LogP contribution in [0.3, 0.4) is 0 Å². The van der Waals surface area contributed by atoms with E-state index >= 15 is 0 Å². The summed E-state index contributed by atoms with van der Waals surface area (Å²) in [6, 6.07) is 15.6. The van der Waals surface area contributed by atoms with Gasteiger partial charge in [0.1, 0.15) is 0 Å². The molecular weight excluding hydrogens is 356 g/mol. The number of halogens is 1. The van der Waals surface area contributed by atoms with E-state index in [2.05, 4.69) is 79.5 Å². The third kappa shape index (κ3) is 4.23. The van der Waals surface area contributed by atoms with E-state index in [4.69, 9.17) is 0 Å². The number of hydrogen-bond donors (Lipinski definition) is 0. The van der Waals surface area contributed by atoms with Crippen LogP contribution in [0.15, 0.2) is 57.2 Å². The quantitative estimate of drug-likeness (QED) is 0.619. The molecule has 130 valence electrons. The lowest BCUT2D eigenvalue weighted by atomic mass is 10.1. The number of anilines is 2. The van der Waals surface area contributed by atoms with Crippen LogP contribution < -0.4 is 4.90 Å². The molecule has 0 amide bonds. The van der Waals surface area contributed by atoms with E-state index in [1.165, 1.54) is 26.1 Å². The first kappa shape index (κ1) is 19.5. The van der Waals surface area contributed by atoms with Crippen molar-refractivity contribution in [1.29, 1.82) is 0 Å². The largest absolute Gasteiger partial charge is 0.339 e. The maximum Gasteiger partial charge on any atom is 0.0564 e. The van der Waals surface area contributed by atoms with Crippen molar-refractivity contribution in [3.8, 4) is 0 Å². The Hall–Kier alpha value is -0.810. The van der Waals surface area contributed by atoms with Gasteiger partial charge in [0.25, 0.3) is 0 Å².